The molecule has 3 aromatic rings. The zero-order valence-electron chi connectivity index (χ0n) is 15.8. The van der Waals surface area contributed by atoms with E-state index in [-0.39, 0.29) is 5.91 Å². The van der Waals surface area contributed by atoms with E-state index < -0.39 is 12.1 Å². The Morgan fingerprint density at radius 3 is 2.52 bits per heavy atom. The molecule has 0 spiro atoms. The number of ether oxygens (including phenoxy) is 1. The number of hydrogen-bond acceptors (Lipinski definition) is 3. The van der Waals surface area contributed by atoms with Crippen LogP contribution in [0, 0.1) is 0 Å². The minimum Gasteiger partial charge on any atom is -0.448 e. The second kappa shape index (κ2) is 8.08. The van der Waals surface area contributed by atoms with Crippen LogP contribution >= 0.6 is 0 Å². The normalized spacial score (nSPS) is 13.1. The highest BCUT2D eigenvalue weighted by atomic mass is 16.5. The summed E-state index contributed by atoms with van der Waals surface area (Å²) in [6, 6.07) is 17.0. The Kier molecular flexibility index (Phi) is 5.60. The van der Waals surface area contributed by atoms with Crippen molar-refractivity contribution in [3.05, 3.63) is 65.9 Å². The van der Waals surface area contributed by atoms with Gasteiger partial charge in [0.2, 0.25) is 0 Å². The van der Waals surface area contributed by atoms with E-state index >= 15 is 0 Å². The predicted octanol–water partition coefficient (Wildman–Crippen LogP) is 4.87. The number of rotatable bonds is 6. The monoisotopic (exact) mass is 364 g/mol. The molecule has 0 fully saturated rings. The highest BCUT2D eigenvalue weighted by Gasteiger charge is 2.21. The summed E-state index contributed by atoms with van der Waals surface area (Å²) >= 11 is 0. The maximum atomic E-state index is 12.5. The van der Waals surface area contributed by atoms with Gasteiger partial charge in [0.1, 0.15) is 5.69 Å². The first kappa shape index (κ1) is 18.7. The van der Waals surface area contributed by atoms with Crippen molar-refractivity contribution in [3.8, 4) is 0 Å². The summed E-state index contributed by atoms with van der Waals surface area (Å²) in [5, 5.41) is 3.80. The first-order valence-corrected chi connectivity index (χ1v) is 9.18. The molecule has 0 saturated heterocycles. The predicted molar refractivity (Wildman–Crippen MR) is 107 cm³/mol. The number of anilines is 1. The third kappa shape index (κ3) is 4.19. The number of para-hydroxylation sites is 2. The molecule has 0 saturated carbocycles. The molecule has 0 aliphatic heterocycles. The van der Waals surface area contributed by atoms with Crippen LogP contribution in [0.15, 0.2) is 54.6 Å². The van der Waals surface area contributed by atoms with Crippen molar-refractivity contribution in [3.63, 3.8) is 0 Å². The molecule has 0 aliphatic rings. The lowest BCUT2D eigenvalue weighted by molar-refractivity contribution is -0.123. The lowest BCUT2D eigenvalue weighted by Crippen LogP contribution is -2.30. The van der Waals surface area contributed by atoms with Crippen LogP contribution in [0.3, 0.4) is 0 Å². The van der Waals surface area contributed by atoms with E-state index in [2.05, 4.69) is 24.1 Å². The van der Waals surface area contributed by atoms with Gasteiger partial charge in [-0.15, -0.1) is 0 Å². The summed E-state index contributed by atoms with van der Waals surface area (Å²) in [6.07, 6.45) is 0.0616. The van der Waals surface area contributed by atoms with E-state index in [1.54, 1.807) is 13.0 Å². The maximum Gasteiger partial charge on any atom is 0.355 e. The second-order valence-electron chi connectivity index (χ2n) is 6.70. The van der Waals surface area contributed by atoms with Gasteiger partial charge >= 0.3 is 5.97 Å². The highest BCUT2D eigenvalue weighted by molar-refractivity contribution is 5.99. The number of carbonyl (C=O) groups excluding carboxylic acids is 2. The topological polar surface area (TPSA) is 71.2 Å². The molecule has 1 aromatic heterocycles. The number of benzene rings is 2. The molecule has 1 amide bonds. The van der Waals surface area contributed by atoms with E-state index in [4.69, 9.17) is 4.74 Å². The highest BCUT2D eigenvalue weighted by Crippen LogP contribution is 2.26. The van der Waals surface area contributed by atoms with Crippen molar-refractivity contribution in [2.75, 3.05) is 5.32 Å². The van der Waals surface area contributed by atoms with Gasteiger partial charge < -0.3 is 15.0 Å². The van der Waals surface area contributed by atoms with E-state index in [1.165, 1.54) is 0 Å². The van der Waals surface area contributed by atoms with Crippen LogP contribution in [0.2, 0.25) is 0 Å². The summed E-state index contributed by atoms with van der Waals surface area (Å²) in [7, 11) is 0. The molecule has 27 heavy (non-hydrogen) atoms. The summed E-state index contributed by atoms with van der Waals surface area (Å²) in [5.41, 5.74) is 3.01. The average Bonchev–Trinajstić information content (AvgIpc) is 3.12. The number of esters is 1. The molecule has 0 bridgehead atoms. The summed E-state index contributed by atoms with van der Waals surface area (Å²) in [5.74, 6) is -0.579. The number of aromatic amines is 1. The zero-order chi connectivity index (χ0) is 19.4. The molecule has 2 atom stereocenters. The van der Waals surface area contributed by atoms with Gasteiger partial charge in [-0.3, -0.25) is 4.79 Å². The van der Waals surface area contributed by atoms with Gasteiger partial charge in [-0.25, -0.2) is 4.79 Å². The number of carbonyl (C=O) groups is 2. The lowest BCUT2D eigenvalue weighted by Gasteiger charge is -2.18. The van der Waals surface area contributed by atoms with Gasteiger partial charge in [-0.2, -0.15) is 0 Å². The quantitative estimate of drug-likeness (QED) is 0.613. The number of H-pyrrole nitrogens is 1. The Morgan fingerprint density at radius 2 is 1.78 bits per heavy atom. The first-order chi connectivity index (χ1) is 13.0. The fraction of sp³-hybridized carbons (Fsp3) is 0.273. The van der Waals surface area contributed by atoms with Crippen molar-refractivity contribution in [1.29, 1.82) is 0 Å². The Hall–Kier alpha value is -3.08. The average molecular weight is 364 g/mol. The van der Waals surface area contributed by atoms with Crippen LogP contribution in [0.1, 0.15) is 49.2 Å². The van der Waals surface area contributed by atoms with Crippen molar-refractivity contribution in [1.82, 2.24) is 4.98 Å². The maximum absolute atomic E-state index is 12.5. The molecular weight excluding hydrogens is 340 g/mol. The molecule has 0 unspecified atom stereocenters. The Morgan fingerprint density at radius 1 is 1.07 bits per heavy atom. The van der Waals surface area contributed by atoms with E-state index in [0.29, 0.717) is 11.6 Å². The van der Waals surface area contributed by atoms with E-state index in [0.717, 1.165) is 28.6 Å². The fourth-order valence-corrected chi connectivity index (χ4v) is 2.96. The minimum absolute atomic E-state index is 0.325. The molecule has 2 aromatic carbocycles. The molecule has 0 aliphatic carbocycles. The zero-order valence-corrected chi connectivity index (χ0v) is 15.8. The molecule has 1 heterocycles. The second-order valence-corrected chi connectivity index (χ2v) is 6.70. The van der Waals surface area contributed by atoms with Crippen LogP contribution in [0.25, 0.3) is 10.9 Å². The third-order valence-electron chi connectivity index (χ3n) is 4.76. The largest absolute Gasteiger partial charge is 0.448 e. The standard InChI is InChI=1S/C22H24N2O3/c1-4-14(2)17-10-6-8-12-19(17)24-21(25)15(3)27-22(26)20-13-16-9-5-7-11-18(16)23-20/h5-15,23H,4H2,1-3H3,(H,24,25)/t14-,15+/m0/s1. The van der Waals surface area contributed by atoms with Crippen LogP contribution in [-0.2, 0) is 9.53 Å². The number of fused-ring (bicyclic) bond motifs is 1. The van der Waals surface area contributed by atoms with Gasteiger partial charge in [-0.1, -0.05) is 50.2 Å². The lowest BCUT2D eigenvalue weighted by atomic mass is 9.97. The van der Waals surface area contributed by atoms with Crippen molar-refractivity contribution >= 4 is 28.5 Å². The summed E-state index contributed by atoms with van der Waals surface area (Å²) < 4.78 is 5.34. The summed E-state index contributed by atoms with van der Waals surface area (Å²) in [4.78, 5) is 27.9. The van der Waals surface area contributed by atoms with E-state index in [1.807, 2.05) is 48.5 Å². The molecular formula is C22H24N2O3. The number of amides is 1. The smallest absolute Gasteiger partial charge is 0.355 e. The molecule has 140 valence electrons. The number of nitrogens with one attached hydrogen (secondary N) is 2. The van der Waals surface area contributed by atoms with E-state index in [9.17, 15) is 9.59 Å². The molecule has 5 nitrogen and oxygen atoms in total. The Labute approximate surface area is 158 Å². The Balaban J connectivity index is 1.68. The van der Waals surface area contributed by atoms with Gasteiger partial charge in [0.05, 0.1) is 0 Å². The molecule has 3 rings (SSSR count). The van der Waals surface area contributed by atoms with Crippen molar-refractivity contribution in [2.24, 2.45) is 0 Å². The number of hydrogen-bond donors (Lipinski definition) is 2. The SMILES string of the molecule is CC[C@H](C)c1ccccc1NC(=O)[C@@H](C)OC(=O)c1cc2ccccc2[nH]1. The Bertz CT molecular complexity index is 928. The minimum atomic E-state index is -0.908. The molecule has 0 radical (unpaired) electrons. The van der Waals surface area contributed by atoms with Gasteiger partial charge in [0.25, 0.3) is 5.91 Å². The number of aromatic nitrogens is 1. The van der Waals surface area contributed by atoms with Crippen LogP contribution in [0.5, 0.6) is 0 Å². The third-order valence-corrected chi connectivity index (χ3v) is 4.76. The summed E-state index contributed by atoms with van der Waals surface area (Å²) in [6.45, 7) is 5.79. The van der Waals surface area contributed by atoms with Crippen LogP contribution in [-0.4, -0.2) is 23.0 Å². The first-order valence-electron chi connectivity index (χ1n) is 9.18. The molecule has 2 N–H and O–H groups in total. The fourth-order valence-electron chi connectivity index (χ4n) is 2.96. The van der Waals surface area contributed by atoms with Crippen LogP contribution < -0.4 is 5.32 Å². The van der Waals surface area contributed by atoms with Gasteiger partial charge in [0, 0.05) is 16.6 Å². The van der Waals surface area contributed by atoms with Crippen molar-refractivity contribution in [2.45, 2.75) is 39.2 Å². The van der Waals surface area contributed by atoms with Gasteiger partial charge in [0.15, 0.2) is 6.10 Å². The van der Waals surface area contributed by atoms with Gasteiger partial charge in [-0.05, 0) is 43.0 Å². The van der Waals surface area contributed by atoms with Crippen molar-refractivity contribution < 1.29 is 14.3 Å². The van der Waals surface area contributed by atoms with Crippen LogP contribution in [0.4, 0.5) is 5.69 Å². The molecule has 5 heteroatoms.